The highest BCUT2D eigenvalue weighted by Crippen LogP contribution is 2.34. The first-order chi connectivity index (χ1) is 16.9. The third kappa shape index (κ3) is 14.8. The molecule has 0 saturated heterocycles. The van der Waals surface area contributed by atoms with E-state index in [0.717, 1.165) is 0 Å². The van der Waals surface area contributed by atoms with Gasteiger partial charge in [0, 0.05) is 12.8 Å². The molecule has 0 spiro atoms. The summed E-state index contributed by atoms with van der Waals surface area (Å²) in [4.78, 5) is 54.5. The summed E-state index contributed by atoms with van der Waals surface area (Å²) in [6.07, 6.45) is -6.38. The number of aldehydes is 1. The van der Waals surface area contributed by atoms with Crippen molar-refractivity contribution < 1.29 is 65.6 Å². The summed E-state index contributed by atoms with van der Waals surface area (Å²) >= 11 is 0. The highest BCUT2D eigenvalue weighted by atomic mass is 19.4. The van der Waals surface area contributed by atoms with Gasteiger partial charge in [0.15, 0.2) is 10.8 Å². The zero-order chi connectivity index (χ0) is 31.2. The number of esters is 2. The lowest BCUT2D eigenvalue weighted by molar-refractivity contribution is -0.186. The quantitative estimate of drug-likeness (QED) is 0.160. The summed E-state index contributed by atoms with van der Waals surface area (Å²) in [7, 11) is 0. The lowest BCUT2D eigenvalue weighted by Crippen LogP contribution is -2.46. The molecule has 0 aromatic rings. The SMILES string of the molecule is CCC(CCF)(C(=O)O)C(=O)O.CCC(CCF)(C(=O)OC(C)(C)C)C(=O)OC(C)(C)C.O=CC(F)(F)F. The predicted octanol–water partition coefficient (Wildman–Crippen LogP) is 5.09. The summed E-state index contributed by atoms with van der Waals surface area (Å²) in [5.74, 6) is -4.40. The van der Waals surface area contributed by atoms with Crippen molar-refractivity contribution in [2.75, 3.05) is 13.3 Å². The van der Waals surface area contributed by atoms with Gasteiger partial charge < -0.3 is 19.7 Å². The lowest BCUT2D eigenvalue weighted by atomic mass is 9.81. The molecule has 0 saturated carbocycles. The van der Waals surface area contributed by atoms with Gasteiger partial charge in [0.1, 0.15) is 11.2 Å². The normalized spacial score (nSPS) is 12.1. The molecule has 0 atom stereocenters. The second-order valence-corrected chi connectivity index (χ2v) is 10.0. The van der Waals surface area contributed by atoms with Crippen molar-refractivity contribution in [1.82, 2.24) is 0 Å². The molecule has 224 valence electrons. The monoisotopic (exact) mass is 566 g/mol. The van der Waals surface area contributed by atoms with Gasteiger partial charge in [-0.25, -0.2) is 0 Å². The van der Waals surface area contributed by atoms with E-state index in [1.165, 1.54) is 6.92 Å². The molecule has 38 heavy (non-hydrogen) atoms. The van der Waals surface area contributed by atoms with Crippen LogP contribution in [0.15, 0.2) is 0 Å². The summed E-state index contributed by atoms with van der Waals surface area (Å²) in [6.45, 7) is 11.6. The maximum absolute atomic E-state index is 12.8. The standard InChI is InChI=1S/C15H27FO4.C7H11FO4.C2HF3O/c1-8-15(9-10-16,11(17)19-13(2,3)4)12(18)20-14(5,6)7;1-2-7(3-4-8,5(9)10)6(11)12;3-2(4,5)1-6/h8-10H2,1-7H3;2-4H2,1H3,(H,9,10)(H,11,12);1H. The number of carboxylic acids is 2. The zero-order valence-corrected chi connectivity index (χ0v) is 23.0. The molecule has 0 amide bonds. The van der Waals surface area contributed by atoms with Crippen molar-refractivity contribution >= 4 is 30.2 Å². The van der Waals surface area contributed by atoms with Gasteiger partial charge in [0.2, 0.25) is 6.29 Å². The Balaban J connectivity index is -0.000000572. The molecule has 14 heteroatoms. The minimum Gasteiger partial charge on any atom is -0.480 e. The van der Waals surface area contributed by atoms with Crippen molar-refractivity contribution in [2.45, 2.75) is 98.5 Å². The average molecular weight is 567 g/mol. The predicted molar refractivity (Wildman–Crippen MR) is 126 cm³/mol. The topological polar surface area (TPSA) is 144 Å². The van der Waals surface area contributed by atoms with Gasteiger partial charge in [-0.2, -0.15) is 13.2 Å². The third-order valence-corrected chi connectivity index (χ3v) is 4.78. The minimum atomic E-state index is -4.64. The van der Waals surface area contributed by atoms with Gasteiger partial charge in [0.25, 0.3) is 0 Å². The molecule has 2 N–H and O–H groups in total. The van der Waals surface area contributed by atoms with E-state index in [0.29, 0.717) is 0 Å². The van der Waals surface area contributed by atoms with Crippen molar-refractivity contribution in [2.24, 2.45) is 10.8 Å². The van der Waals surface area contributed by atoms with Crippen LogP contribution in [0.3, 0.4) is 0 Å². The van der Waals surface area contributed by atoms with Gasteiger partial charge in [-0.3, -0.25) is 32.8 Å². The fourth-order valence-electron chi connectivity index (χ4n) is 2.61. The zero-order valence-electron chi connectivity index (χ0n) is 23.0. The largest absolute Gasteiger partial charge is 0.480 e. The van der Waals surface area contributed by atoms with Gasteiger partial charge in [-0.1, -0.05) is 13.8 Å². The number of alkyl halides is 5. The Kier molecular flexibility index (Phi) is 17.0. The van der Waals surface area contributed by atoms with Crippen LogP contribution < -0.4 is 0 Å². The van der Waals surface area contributed by atoms with Crippen LogP contribution in [0.4, 0.5) is 22.0 Å². The Morgan fingerprint density at radius 2 is 0.947 bits per heavy atom. The van der Waals surface area contributed by atoms with Gasteiger partial charge in [0.05, 0.1) is 13.3 Å². The Morgan fingerprint density at radius 1 is 0.684 bits per heavy atom. The molecule has 0 radical (unpaired) electrons. The second kappa shape index (κ2) is 16.2. The number of halogens is 5. The molecule has 0 fully saturated rings. The molecular weight excluding hydrogens is 527 g/mol. The lowest BCUT2D eigenvalue weighted by Gasteiger charge is -2.33. The van der Waals surface area contributed by atoms with Crippen molar-refractivity contribution in [3.05, 3.63) is 0 Å². The van der Waals surface area contributed by atoms with Gasteiger partial charge in [-0.15, -0.1) is 0 Å². The fourth-order valence-corrected chi connectivity index (χ4v) is 2.61. The number of hydrogen-bond acceptors (Lipinski definition) is 7. The summed E-state index contributed by atoms with van der Waals surface area (Å²) in [5.41, 5.74) is -5.00. The van der Waals surface area contributed by atoms with E-state index in [-0.39, 0.29) is 19.3 Å². The Bertz CT molecular complexity index is 740. The van der Waals surface area contributed by atoms with E-state index < -0.39 is 78.1 Å². The fraction of sp³-hybridized carbons (Fsp3) is 0.792. The molecule has 0 bridgehead atoms. The number of carbonyl (C=O) groups is 5. The second-order valence-electron chi connectivity index (χ2n) is 10.0. The number of ether oxygens (including phenoxy) is 2. The summed E-state index contributed by atoms with van der Waals surface area (Å²) < 4.78 is 66.5. The summed E-state index contributed by atoms with van der Waals surface area (Å²) in [5, 5.41) is 17.2. The van der Waals surface area contributed by atoms with Crippen LogP contribution in [0.1, 0.15) is 81.1 Å². The molecule has 0 unspecified atom stereocenters. The number of rotatable bonds is 10. The van der Waals surface area contributed by atoms with Crippen molar-refractivity contribution in [1.29, 1.82) is 0 Å². The van der Waals surface area contributed by atoms with E-state index in [1.54, 1.807) is 48.5 Å². The first-order valence-corrected chi connectivity index (χ1v) is 11.5. The van der Waals surface area contributed by atoms with Gasteiger partial charge >= 0.3 is 30.1 Å². The van der Waals surface area contributed by atoms with Crippen LogP contribution in [-0.4, -0.2) is 71.1 Å². The molecule has 0 rings (SSSR count). The Labute approximate surface area is 219 Å². The maximum atomic E-state index is 12.8. The van der Waals surface area contributed by atoms with E-state index >= 15 is 0 Å². The van der Waals surface area contributed by atoms with E-state index in [1.807, 2.05) is 0 Å². The molecule has 0 aromatic heterocycles. The molecular formula is C24H39F5O9. The third-order valence-electron chi connectivity index (χ3n) is 4.78. The van der Waals surface area contributed by atoms with Crippen molar-refractivity contribution in [3.8, 4) is 0 Å². The molecule has 0 heterocycles. The van der Waals surface area contributed by atoms with Crippen LogP contribution in [0, 0.1) is 10.8 Å². The van der Waals surface area contributed by atoms with Crippen LogP contribution in [0.5, 0.6) is 0 Å². The molecule has 0 aliphatic carbocycles. The number of aliphatic carboxylic acids is 2. The highest BCUT2D eigenvalue weighted by molar-refractivity contribution is 6.00. The number of carbonyl (C=O) groups excluding carboxylic acids is 3. The van der Waals surface area contributed by atoms with Gasteiger partial charge in [-0.05, 0) is 54.4 Å². The van der Waals surface area contributed by atoms with E-state index in [9.17, 15) is 41.1 Å². The Morgan fingerprint density at radius 3 is 1.08 bits per heavy atom. The minimum absolute atomic E-state index is 0.110. The molecule has 0 aliphatic rings. The smallest absolute Gasteiger partial charge is 0.446 e. The average Bonchev–Trinajstić information content (AvgIpc) is 2.73. The van der Waals surface area contributed by atoms with Crippen LogP contribution in [-0.2, 0) is 33.4 Å². The summed E-state index contributed by atoms with van der Waals surface area (Å²) in [6, 6.07) is 0. The van der Waals surface area contributed by atoms with Crippen molar-refractivity contribution in [3.63, 3.8) is 0 Å². The molecule has 9 nitrogen and oxygen atoms in total. The number of carboxylic acid groups (broad SMARTS) is 2. The Hall–Kier alpha value is -2.80. The molecule has 0 aliphatic heterocycles. The van der Waals surface area contributed by atoms with E-state index in [2.05, 4.69) is 0 Å². The van der Waals surface area contributed by atoms with Crippen LogP contribution in [0.25, 0.3) is 0 Å². The first kappa shape index (κ1) is 39.7. The van der Waals surface area contributed by atoms with Crippen LogP contribution >= 0.6 is 0 Å². The number of hydrogen-bond donors (Lipinski definition) is 2. The molecule has 0 aromatic carbocycles. The first-order valence-electron chi connectivity index (χ1n) is 11.5. The van der Waals surface area contributed by atoms with Crippen LogP contribution in [0.2, 0.25) is 0 Å². The highest BCUT2D eigenvalue weighted by Gasteiger charge is 2.49. The maximum Gasteiger partial charge on any atom is 0.446 e. The van der Waals surface area contributed by atoms with E-state index in [4.69, 9.17) is 24.5 Å².